The third kappa shape index (κ3) is 3.82. The van der Waals surface area contributed by atoms with Gasteiger partial charge in [0.2, 0.25) is 5.91 Å². The van der Waals surface area contributed by atoms with E-state index in [4.69, 9.17) is 15.2 Å². The van der Waals surface area contributed by atoms with Crippen molar-refractivity contribution in [3.63, 3.8) is 0 Å². The van der Waals surface area contributed by atoms with Crippen LogP contribution in [0.25, 0.3) is 22.0 Å². The van der Waals surface area contributed by atoms with Crippen molar-refractivity contribution >= 4 is 16.7 Å². The minimum Gasteiger partial charge on any atom is -0.496 e. The van der Waals surface area contributed by atoms with Gasteiger partial charge in [0.25, 0.3) is 0 Å². The zero-order valence-electron chi connectivity index (χ0n) is 16.9. The normalized spacial score (nSPS) is 10.7. The minimum absolute atomic E-state index is 0.407. The van der Waals surface area contributed by atoms with Crippen LogP contribution >= 0.6 is 0 Å². The molecule has 5 heteroatoms. The maximum absolute atomic E-state index is 11.5. The molecule has 0 saturated carbocycles. The number of hydrogen-bond acceptors (Lipinski definition) is 4. The molecule has 3 aromatic carbocycles. The number of ether oxygens (including phenoxy) is 2. The lowest BCUT2D eigenvalue weighted by Crippen LogP contribution is -2.12. The Balaban J connectivity index is 1.58. The lowest BCUT2D eigenvalue weighted by atomic mass is 10.0. The molecule has 0 aliphatic rings. The molecule has 4 rings (SSSR count). The van der Waals surface area contributed by atoms with Crippen molar-refractivity contribution in [3.05, 3.63) is 89.6 Å². The molecule has 0 aliphatic heterocycles. The molecule has 1 aromatic heterocycles. The Bertz CT molecular complexity index is 1230. The average molecular weight is 398 g/mol. The van der Waals surface area contributed by atoms with Gasteiger partial charge in [-0.1, -0.05) is 30.3 Å². The van der Waals surface area contributed by atoms with E-state index < -0.39 is 5.91 Å². The highest BCUT2D eigenvalue weighted by Gasteiger charge is 2.10. The van der Waals surface area contributed by atoms with E-state index in [1.165, 1.54) is 0 Å². The van der Waals surface area contributed by atoms with Crippen LogP contribution in [0.1, 0.15) is 21.5 Å². The summed E-state index contributed by atoms with van der Waals surface area (Å²) in [6, 6.07) is 21.3. The van der Waals surface area contributed by atoms with E-state index in [1.807, 2.05) is 67.6 Å². The Labute approximate surface area is 175 Å². The number of aryl methyl sites for hydroxylation is 1. The number of rotatable bonds is 6. The molecule has 0 radical (unpaired) electrons. The fourth-order valence-electron chi connectivity index (χ4n) is 3.53. The summed E-state index contributed by atoms with van der Waals surface area (Å²) >= 11 is 0. The van der Waals surface area contributed by atoms with Crippen molar-refractivity contribution in [3.8, 4) is 22.8 Å². The van der Waals surface area contributed by atoms with E-state index >= 15 is 0 Å². The van der Waals surface area contributed by atoms with E-state index in [0.717, 1.165) is 44.7 Å². The van der Waals surface area contributed by atoms with Gasteiger partial charge in [-0.2, -0.15) is 0 Å². The third-order valence-corrected chi connectivity index (χ3v) is 5.07. The number of hydrogen-bond donors (Lipinski definition) is 1. The second-order valence-electron chi connectivity index (χ2n) is 7.04. The van der Waals surface area contributed by atoms with Crippen LogP contribution in [0.3, 0.4) is 0 Å². The molecule has 1 heterocycles. The Morgan fingerprint density at radius 3 is 2.40 bits per heavy atom. The second-order valence-corrected chi connectivity index (χ2v) is 7.04. The third-order valence-electron chi connectivity index (χ3n) is 5.07. The van der Waals surface area contributed by atoms with E-state index in [-0.39, 0.29) is 0 Å². The number of pyridine rings is 1. The van der Waals surface area contributed by atoms with Crippen LogP contribution in [-0.4, -0.2) is 18.0 Å². The molecule has 0 bridgehead atoms. The summed E-state index contributed by atoms with van der Waals surface area (Å²) in [5.41, 5.74) is 9.48. The van der Waals surface area contributed by atoms with Crippen molar-refractivity contribution in [2.45, 2.75) is 13.5 Å². The van der Waals surface area contributed by atoms with Gasteiger partial charge in [-0.05, 0) is 54.4 Å². The summed E-state index contributed by atoms with van der Waals surface area (Å²) in [7, 11) is 1.67. The molecule has 0 fully saturated rings. The molecular weight excluding hydrogens is 376 g/mol. The Morgan fingerprint density at radius 2 is 1.70 bits per heavy atom. The molecule has 0 atom stereocenters. The number of amides is 1. The molecule has 4 aromatic rings. The van der Waals surface area contributed by atoms with E-state index in [0.29, 0.717) is 12.2 Å². The van der Waals surface area contributed by atoms with Crippen LogP contribution in [0, 0.1) is 6.92 Å². The van der Waals surface area contributed by atoms with E-state index in [1.54, 1.807) is 19.4 Å². The number of nitrogens with two attached hydrogens (primary N) is 1. The first-order valence-electron chi connectivity index (χ1n) is 9.61. The molecule has 0 aliphatic carbocycles. The number of aromatic nitrogens is 1. The van der Waals surface area contributed by atoms with Gasteiger partial charge in [-0.3, -0.25) is 9.78 Å². The van der Waals surface area contributed by atoms with Gasteiger partial charge >= 0.3 is 0 Å². The molecule has 0 saturated heterocycles. The number of fused-ring (bicyclic) bond motifs is 1. The highest BCUT2D eigenvalue weighted by molar-refractivity contribution is 5.95. The van der Waals surface area contributed by atoms with Gasteiger partial charge in [-0.15, -0.1) is 0 Å². The predicted molar refractivity (Wildman–Crippen MR) is 118 cm³/mol. The molecule has 30 heavy (non-hydrogen) atoms. The Hall–Kier alpha value is -3.86. The number of carbonyl (C=O) groups is 1. The fraction of sp³-hybridized carbons (Fsp3) is 0.120. The Kier molecular flexibility index (Phi) is 5.35. The van der Waals surface area contributed by atoms with Crippen molar-refractivity contribution in [1.82, 2.24) is 4.98 Å². The predicted octanol–water partition coefficient (Wildman–Crippen LogP) is 4.90. The fourth-order valence-corrected chi connectivity index (χ4v) is 3.53. The molecule has 150 valence electrons. The molecule has 0 unspecified atom stereocenters. The van der Waals surface area contributed by atoms with Gasteiger partial charge in [0.1, 0.15) is 18.1 Å². The standard InChI is InChI=1S/C25H22N2O3/c1-16-13-18(7-8-19(16)25(26)28)22-14-17(11-12-27-22)15-30-24-10-9-23(29-2)20-5-3-4-6-21(20)24/h3-14H,15H2,1-2H3,(H2,26,28). The summed E-state index contributed by atoms with van der Waals surface area (Å²) in [6.45, 7) is 2.27. The van der Waals surface area contributed by atoms with Crippen molar-refractivity contribution in [2.75, 3.05) is 7.11 Å². The Morgan fingerprint density at radius 1 is 0.967 bits per heavy atom. The summed E-state index contributed by atoms with van der Waals surface area (Å²) in [6.07, 6.45) is 1.76. The largest absolute Gasteiger partial charge is 0.496 e. The maximum Gasteiger partial charge on any atom is 0.248 e. The van der Waals surface area contributed by atoms with Crippen LogP contribution in [-0.2, 0) is 6.61 Å². The lowest BCUT2D eigenvalue weighted by molar-refractivity contribution is 0.0999. The minimum atomic E-state index is -0.430. The zero-order valence-corrected chi connectivity index (χ0v) is 16.9. The second kappa shape index (κ2) is 8.25. The van der Waals surface area contributed by atoms with Crippen LogP contribution in [0.4, 0.5) is 0 Å². The summed E-state index contributed by atoms with van der Waals surface area (Å²) in [5.74, 6) is 1.19. The first-order valence-corrected chi connectivity index (χ1v) is 9.61. The number of methoxy groups -OCH3 is 1. The van der Waals surface area contributed by atoms with Gasteiger partial charge < -0.3 is 15.2 Å². The number of carbonyl (C=O) groups excluding carboxylic acids is 1. The number of benzene rings is 3. The van der Waals surface area contributed by atoms with E-state index in [9.17, 15) is 4.79 Å². The van der Waals surface area contributed by atoms with Crippen molar-refractivity contribution in [2.24, 2.45) is 5.73 Å². The molecule has 1 amide bonds. The molecule has 0 spiro atoms. The summed E-state index contributed by atoms with van der Waals surface area (Å²) in [4.78, 5) is 15.9. The SMILES string of the molecule is COc1ccc(OCc2ccnc(-c3ccc(C(N)=O)c(C)c3)c2)c2ccccc12. The average Bonchev–Trinajstić information content (AvgIpc) is 2.77. The quantitative estimate of drug-likeness (QED) is 0.501. The molecule has 2 N–H and O–H groups in total. The van der Waals surface area contributed by atoms with Gasteiger partial charge in [0, 0.05) is 28.1 Å². The maximum atomic E-state index is 11.5. The van der Waals surface area contributed by atoms with Crippen LogP contribution in [0.2, 0.25) is 0 Å². The van der Waals surface area contributed by atoms with Crippen LogP contribution in [0.5, 0.6) is 11.5 Å². The summed E-state index contributed by atoms with van der Waals surface area (Å²) < 4.78 is 11.6. The monoisotopic (exact) mass is 398 g/mol. The zero-order chi connectivity index (χ0) is 21.1. The molecular formula is C25H22N2O3. The van der Waals surface area contributed by atoms with Crippen LogP contribution in [0.15, 0.2) is 72.9 Å². The first-order chi connectivity index (χ1) is 14.6. The topological polar surface area (TPSA) is 74.4 Å². The molecule has 5 nitrogen and oxygen atoms in total. The smallest absolute Gasteiger partial charge is 0.248 e. The van der Waals surface area contributed by atoms with Crippen molar-refractivity contribution < 1.29 is 14.3 Å². The van der Waals surface area contributed by atoms with E-state index in [2.05, 4.69) is 4.98 Å². The summed E-state index contributed by atoms with van der Waals surface area (Å²) in [5, 5.41) is 2.02. The highest BCUT2D eigenvalue weighted by Crippen LogP contribution is 2.33. The van der Waals surface area contributed by atoms with Gasteiger partial charge in [0.15, 0.2) is 0 Å². The first kappa shape index (κ1) is 19.5. The van der Waals surface area contributed by atoms with Gasteiger partial charge in [0.05, 0.1) is 12.8 Å². The highest BCUT2D eigenvalue weighted by atomic mass is 16.5. The van der Waals surface area contributed by atoms with Gasteiger partial charge in [-0.25, -0.2) is 0 Å². The van der Waals surface area contributed by atoms with Crippen LogP contribution < -0.4 is 15.2 Å². The number of primary amides is 1. The number of nitrogens with zero attached hydrogens (tertiary/aromatic N) is 1. The van der Waals surface area contributed by atoms with Crippen molar-refractivity contribution in [1.29, 1.82) is 0 Å². The lowest BCUT2D eigenvalue weighted by Gasteiger charge is -2.12.